The van der Waals surface area contributed by atoms with Gasteiger partial charge < -0.3 is 9.47 Å². The Balaban J connectivity index is 2.75. The number of aryl methyl sites for hydroxylation is 1. The average Bonchev–Trinajstić information content (AvgIpc) is 2.41. The summed E-state index contributed by atoms with van der Waals surface area (Å²) in [6, 6.07) is 6.28. The number of ether oxygens (including phenoxy) is 2. The Morgan fingerprint density at radius 3 is 2.63 bits per heavy atom. The monoisotopic (exact) mass is 262 g/mol. The number of unbranched alkanes of at least 4 members (excludes halogenated alkanes) is 3. The molecule has 106 valence electrons. The highest BCUT2D eigenvalue weighted by atomic mass is 16.7. The van der Waals surface area contributed by atoms with Crippen LogP contribution in [-0.2, 0) is 11.2 Å². The van der Waals surface area contributed by atoms with E-state index >= 15 is 0 Å². The Hall–Kier alpha value is -1.28. The first-order valence-electron chi connectivity index (χ1n) is 7.09. The quantitative estimate of drug-likeness (QED) is 0.469. The van der Waals surface area contributed by atoms with Crippen LogP contribution in [0.2, 0.25) is 0 Å². The fourth-order valence-electron chi connectivity index (χ4n) is 2.05. The van der Waals surface area contributed by atoms with Crippen molar-refractivity contribution in [2.75, 3.05) is 13.9 Å². The number of rotatable bonds is 9. The summed E-state index contributed by atoms with van der Waals surface area (Å²) in [5.41, 5.74) is 3.54. The first kappa shape index (κ1) is 15.8. The molecule has 0 unspecified atom stereocenters. The molecule has 0 spiro atoms. The van der Waals surface area contributed by atoms with E-state index in [-0.39, 0.29) is 0 Å². The Labute approximate surface area is 117 Å². The largest absolute Gasteiger partial charge is 0.467 e. The Kier molecular flexibility index (Phi) is 7.27. The average molecular weight is 262 g/mol. The summed E-state index contributed by atoms with van der Waals surface area (Å²) >= 11 is 0. The number of hydrogen-bond acceptors (Lipinski definition) is 2. The predicted octanol–water partition coefficient (Wildman–Crippen LogP) is 4.83. The lowest BCUT2D eigenvalue weighted by molar-refractivity contribution is 0.0504. The Bertz CT molecular complexity index is 396. The molecule has 0 aliphatic heterocycles. The third-order valence-corrected chi connectivity index (χ3v) is 3.19. The van der Waals surface area contributed by atoms with Crippen LogP contribution in [0.3, 0.4) is 0 Å². The Morgan fingerprint density at radius 2 is 2.00 bits per heavy atom. The summed E-state index contributed by atoms with van der Waals surface area (Å²) < 4.78 is 10.6. The molecule has 1 aromatic carbocycles. The molecule has 0 saturated heterocycles. The van der Waals surface area contributed by atoms with Gasteiger partial charge in [-0.3, -0.25) is 0 Å². The molecule has 0 fully saturated rings. The van der Waals surface area contributed by atoms with E-state index in [4.69, 9.17) is 9.47 Å². The fraction of sp³-hybridized carbons (Fsp3) is 0.529. The molecule has 0 N–H and O–H groups in total. The highest BCUT2D eigenvalue weighted by molar-refractivity contribution is 5.63. The fourth-order valence-corrected chi connectivity index (χ4v) is 2.05. The van der Waals surface area contributed by atoms with E-state index in [0.717, 1.165) is 17.7 Å². The molecule has 0 radical (unpaired) electrons. The van der Waals surface area contributed by atoms with Crippen LogP contribution in [0.25, 0.3) is 5.57 Å². The van der Waals surface area contributed by atoms with E-state index < -0.39 is 0 Å². The first-order chi connectivity index (χ1) is 9.19. The van der Waals surface area contributed by atoms with Gasteiger partial charge in [0.15, 0.2) is 6.79 Å². The molecule has 19 heavy (non-hydrogen) atoms. The summed E-state index contributed by atoms with van der Waals surface area (Å²) in [6.45, 7) is 8.57. The van der Waals surface area contributed by atoms with E-state index in [0.29, 0.717) is 6.79 Å². The number of benzene rings is 1. The molecule has 2 heteroatoms. The van der Waals surface area contributed by atoms with Crippen molar-refractivity contribution in [3.8, 4) is 5.75 Å². The van der Waals surface area contributed by atoms with Gasteiger partial charge in [-0.05, 0) is 43.0 Å². The maximum Gasteiger partial charge on any atom is 0.188 e. The predicted molar refractivity (Wildman–Crippen MR) is 81.5 cm³/mol. The lowest BCUT2D eigenvalue weighted by Crippen LogP contribution is -2.02. The topological polar surface area (TPSA) is 18.5 Å². The van der Waals surface area contributed by atoms with Crippen molar-refractivity contribution in [1.82, 2.24) is 0 Å². The second-order valence-electron chi connectivity index (χ2n) is 4.96. The van der Waals surface area contributed by atoms with Crippen LogP contribution < -0.4 is 4.74 Å². The molecule has 0 bridgehead atoms. The van der Waals surface area contributed by atoms with Gasteiger partial charge in [0.25, 0.3) is 0 Å². The highest BCUT2D eigenvalue weighted by Crippen LogP contribution is 2.25. The molecule has 0 amide bonds. The molecule has 0 heterocycles. The molecular weight excluding hydrogens is 236 g/mol. The summed E-state index contributed by atoms with van der Waals surface area (Å²) in [4.78, 5) is 0. The molecule has 0 aromatic heterocycles. The van der Waals surface area contributed by atoms with E-state index in [9.17, 15) is 0 Å². The van der Waals surface area contributed by atoms with Crippen LogP contribution in [0.1, 0.15) is 50.7 Å². The van der Waals surface area contributed by atoms with Crippen molar-refractivity contribution < 1.29 is 9.47 Å². The smallest absolute Gasteiger partial charge is 0.188 e. The standard InChI is InChI=1S/C17H26O2/c1-5-6-7-8-9-16-12-15(14(2)3)10-11-17(16)19-13-18-4/h10-12H,2,5-9,13H2,1,3-4H3. The molecule has 1 aromatic rings. The lowest BCUT2D eigenvalue weighted by Gasteiger charge is -2.13. The molecular formula is C17H26O2. The van der Waals surface area contributed by atoms with Crippen molar-refractivity contribution >= 4 is 5.57 Å². The van der Waals surface area contributed by atoms with Gasteiger partial charge in [0, 0.05) is 7.11 Å². The van der Waals surface area contributed by atoms with Crippen molar-refractivity contribution in [2.45, 2.75) is 46.0 Å². The van der Waals surface area contributed by atoms with Crippen LogP contribution in [0.4, 0.5) is 0 Å². The van der Waals surface area contributed by atoms with Crippen molar-refractivity contribution in [3.05, 3.63) is 35.9 Å². The van der Waals surface area contributed by atoms with Crippen LogP contribution in [0, 0.1) is 0 Å². The van der Waals surface area contributed by atoms with Gasteiger partial charge in [-0.25, -0.2) is 0 Å². The second-order valence-corrected chi connectivity index (χ2v) is 4.96. The number of methoxy groups -OCH3 is 1. The summed E-state index contributed by atoms with van der Waals surface area (Å²) in [5, 5.41) is 0. The van der Waals surface area contributed by atoms with Gasteiger partial charge in [-0.15, -0.1) is 0 Å². The molecule has 0 aliphatic carbocycles. The second kappa shape index (κ2) is 8.76. The molecule has 0 atom stereocenters. The third-order valence-electron chi connectivity index (χ3n) is 3.19. The van der Waals surface area contributed by atoms with Crippen LogP contribution in [0.15, 0.2) is 24.8 Å². The highest BCUT2D eigenvalue weighted by Gasteiger charge is 2.06. The minimum absolute atomic E-state index is 0.300. The summed E-state index contributed by atoms with van der Waals surface area (Å²) in [7, 11) is 1.64. The first-order valence-corrected chi connectivity index (χ1v) is 7.09. The van der Waals surface area contributed by atoms with Crippen molar-refractivity contribution in [2.24, 2.45) is 0 Å². The molecule has 2 nitrogen and oxygen atoms in total. The van der Waals surface area contributed by atoms with Crippen LogP contribution in [-0.4, -0.2) is 13.9 Å². The van der Waals surface area contributed by atoms with Crippen molar-refractivity contribution in [1.29, 1.82) is 0 Å². The van der Waals surface area contributed by atoms with Gasteiger partial charge in [0.1, 0.15) is 5.75 Å². The van der Waals surface area contributed by atoms with Gasteiger partial charge in [0.2, 0.25) is 0 Å². The maximum absolute atomic E-state index is 5.63. The summed E-state index contributed by atoms with van der Waals surface area (Å²) in [5.74, 6) is 0.934. The minimum Gasteiger partial charge on any atom is -0.467 e. The van der Waals surface area contributed by atoms with Gasteiger partial charge in [-0.1, -0.05) is 44.4 Å². The SMILES string of the molecule is C=C(C)c1ccc(OCOC)c(CCCCCC)c1. The molecule has 1 rings (SSSR count). The maximum atomic E-state index is 5.63. The Morgan fingerprint density at radius 1 is 1.21 bits per heavy atom. The van der Waals surface area contributed by atoms with E-state index in [2.05, 4.69) is 25.6 Å². The van der Waals surface area contributed by atoms with Crippen molar-refractivity contribution in [3.63, 3.8) is 0 Å². The zero-order valence-corrected chi connectivity index (χ0v) is 12.5. The van der Waals surface area contributed by atoms with E-state index in [1.165, 1.54) is 36.8 Å². The zero-order chi connectivity index (χ0) is 14.1. The van der Waals surface area contributed by atoms with Crippen LogP contribution >= 0.6 is 0 Å². The van der Waals surface area contributed by atoms with Gasteiger partial charge in [0.05, 0.1) is 0 Å². The third kappa shape index (κ3) is 5.48. The normalized spacial score (nSPS) is 10.5. The minimum atomic E-state index is 0.300. The number of hydrogen-bond donors (Lipinski definition) is 0. The number of allylic oxidation sites excluding steroid dienone is 1. The van der Waals surface area contributed by atoms with E-state index in [1.807, 2.05) is 13.0 Å². The van der Waals surface area contributed by atoms with Gasteiger partial charge >= 0.3 is 0 Å². The molecule has 0 saturated carbocycles. The van der Waals surface area contributed by atoms with E-state index in [1.54, 1.807) is 7.11 Å². The van der Waals surface area contributed by atoms with Crippen LogP contribution in [0.5, 0.6) is 5.75 Å². The van der Waals surface area contributed by atoms with Gasteiger partial charge in [-0.2, -0.15) is 0 Å². The lowest BCUT2D eigenvalue weighted by atomic mass is 10.0. The summed E-state index contributed by atoms with van der Waals surface area (Å²) in [6.07, 6.45) is 6.10. The zero-order valence-electron chi connectivity index (χ0n) is 12.5. The molecule has 0 aliphatic rings.